The highest BCUT2D eigenvalue weighted by Crippen LogP contribution is 2.37. The van der Waals surface area contributed by atoms with Crippen molar-refractivity contribution < 1.29 is 24.1 Å². The van der Waals surface area contributed by atoms with Crippen molar-refractivity contribution in [3.8, 4) is 17.2 Å². The Bertz CT molecular complexity index is 767. The van der Waals surface area contributed by atoms with Crippen LogP contribution in [0.1, 0.15) is 64.7 Å². The Kier molecular flexibility index (Phi) is 9.69. The fourth-order valence-corrected chi connectivity index (χ4v) is 3.09. The summed E-state index contributed by atoms with van der Waals surface area (Å²) >= 11 is 0. The first kappa shape index (κ1) is 22.1. The third kappa shape index (κ3) is 6.44. The minimum absolute atomic E-state index is 0.0127. The molecule has 0 aliphatic carbocycles. The van der Waals surface area contributed by atoms with E-state index in [1.165, 1.54) is 32.1 Å². The minimum atomic E-state index is -0.697. The Balaban J connectivity index is 1.95. The van der Waals surface area contributed by atoms with Crippen LogP contribution in [-0.4, -0.2) is 30.0 Å². The van der Waals surface area contributed by atoms with Crippen molar-refractivity contribution in [3.63, 3.8) is 0 Å². The maximum atomic E-state index is 12.2. The standard InChI is InChI=1S/C22H32O6/c1-2-3-4-5-6-7-8-9-15-27-21-20(24)19-17(26-16-11-14-23)12-10-13-18(19)28-22(21)25/h10,12-13,23-24H,2-9,11,14-16H2,1H3. The molecule has 28 heavy (non-hydrogen) atoms. The van der Waals surface area contributed by atoms with Gasteiger partial charge < -0.3 is 24.1 Å². The molecule has 156 valence electrons. The second-order valence-electron chi connectivity index (χ2n) is 6.95. The summed E-state index contributed by atoms with van der Waals surface area (Å²) in [4.78, 5) is 12.2. The van der Waals surface area contributed by atoms with Crippen molar-refractivity contribution in [2.45, 2.75) is 64.7 Å². The third-order valence-corrected chi connectivity index (χ3v) is 4.63. The van der Waals surface area contributed by atoms with Crippen LogP contribution in [0.15, 0.2) is 27.4 Å². The second-order valence-corrected chi connectivity index (χ2v) is 6.95. The van der Waals surface area contributed by atoms with Gasteiger partial charge in [-0.25, -0.2) is 4.79 Å². The highest BCUT2D eigenvalue weighted by atomic mass is 16.5. The van der Waals surface area contributed by atoms with Crippen LogP contribution in [0.25, 0.3) is 11.0 Å². The normalized spacial score (nSPS) is 11.1. The van der Waals surface area contributed by atoms with Crippen molar-refractivity contribution in [1.29, 1.82) is 0 Å². The smallest absolute Gasteiger partial charge is 0.383 e. The fraction of sp³-hybridized carbons (Fsp3) is 0.591. The van der Waals surface area contributed by atoms with Gasteiger partial charge in [0.1, 0.15) is 16.7 Å². The molecule has 2 rings (SSSR count). The SMILES string of the molecule is CCCCCCCCCCOc1c(O)c2c(OCCCO)cccc2oc1=O. The summed E-state index contributed by atoms with van der Waals surface area (Å²) in [7, 11) is 0. The van der Waals surface area contributed by atoms with Crippen molar-refractivity contribution in [3.05, 3.63) is 28.6 Å². The van der Waals surface area contributed by atoms with Gasteiger partial charge in [-0.05, 0) is 18.6 Å². The molecule has 6 heteroatoms. The number of aliphatic hydroxyl groups is 1. The van der Waals surface area contributed by atoms with E-state index >= 15 is 0 Å². The van der Waals surface area contributed by atoms with Crippen molar-refractivity contribution in [2.75, 3.05) is 19.8 Å². The van der Waals surface area contributed by atoms with E-state index in [1.54, 1.807) is 18.2 Å². The van der Waals surface area contributed by atoms with Crippen molar-refractivity contribution in [1.82, 2.24) is 0 Å². The van der Waals surface area contributed by atoms with Crippen LogP contribution in [0.5, 0.6) is 17.2 Å². The zero-order chi connectivity index (χ0) is 20.2. The van der Waals surface area contributed by atoms with Crippen LogP contribution >= 0.6 is 0 Å². The third-order valence-electron chi connectivity index (χ3n) is 4.63. The molecule has 0 radical (unpaired) electrons. The predicted octanol–water partition coefficient (Wildman–Crippen LogP) is 4.78. The average molecular weight is 392 g/mol. The Morgan fingerprint density at radius 1 is 0.929 bits per heavy atom. The predicted molar refractivity (Wildman–Crippen MR) is 109 cm³/mol. The van der Waals surface area contributed by atoms with Gasteiger partial charge >= 0.3 is 5.63 Å². The topological polar surface area (TPSA) is 89.1 Å². The number of ether oxygens (including phenoxy) is 2. The minimum Gasteiger partial charge on any atom is -0.503 e. The fourth-order valence-electron chi connectivity index (χ4n) is 3.09. The Morgan fingerprint density at radius 2 is 1.61 bits per heavy atom. The largest absolute Gasteiger partial charge is 0.503 e. The number of benzene rings is 1. The summed E-state index contributed by atoms with van der Waals surface area (Å²) in [5, 5.41) is 19.8. The van der Waals surface area contributed by atoms with E-state index in [0.29, 0.717) is 30.8 Å². The molecule has 0 spiro atoms. The maximum absolute atomic E-state index is 12.2. The van der Waals surface area contributed by atoms with E-state index in [0.717, 1.165) is 19.3 Å². The quantitative estimate of drug-likeness (QED) is 0.355. The summed E-state index contributed by atoms with van der Waals surface area (Å²) in [6, 6.07) is 4.96. The van der Waals surface area contributed by atoms with Gasteiger partial charge in [0.15, 0.2) is 5.75 Å². The van der Waals surface area contributed by atoms with Gasteiger partial charge in [0.05, 0.1) is 13.2 Å². The van der Waals surface area contributed by atoms with Gasteiger partial charge in [-0.3, -0.25) is 0 Å². The van der Waals surface area contributed by atoms with Crippen LogP contribution in [-0.2, 0) is 0 Å². The number of aromatic hydroxyl groups is 1. The molecule has 2 aromatic rings. The van der Waals surface area contributed by atoms with E-state index in [4.69, 9.17) is 19.0 Å². The lowest BCUT2D eigenvalue weighted by Crippen LogP contribution is -2.09. The number of aliphatic hydroxyl groups excluding tert-OH is 1. The van der Waals surface area contributed by atoms with Gasteiger partial charge in [0.25, 0.3) is 0 Å². The number of hydrogen-bond donors (Lipinski definition) is 2. The molecule has 0 aliphatic rings. The van der Waals surface area contributed by atoms with Crippen molar-refractivity contribution in [2.24, 2.45) is 0 Å². The summed E-state index contributed by atoms with van der Waals surface area (Å²) in [6.45, 7) is 2.87. The van der Waals surface area contributed by atoms with Crippen molar-refractivity contribution >= 4 is 11.0 Å². The zero-order valence-electron chi connectivity index (χ0n) is 16.7. The molecule has 0 saturated carbocycles. The first-order valence-corrected chi connectivity index (χ1v) is 10.3. The van der Waals surface area contributed by atoms with E-state index in [9.17, 15) is 9.90 Å². The van der Waals surface area contributed by atoms with E-state index in [-0.39, 0.29) is 23.7 Å². The highest BCUT2D eigenvalue weighted by molar-refractivity contribution is 5.91. The van der Waals surface area contributed by atoms with E-state index < -0.39 is 5.63 Å². The summed E-state index contributed by atoms with van der Waals surface area (Å²) in [6.07, 6.45) is 9.79. The van der Waals surface area contributed by atoms with Gasteiger partial charge in [-0.2, -0.15) is 0 Å². The molecule has 6 nitrogen and oxygen atoms in total. The summed E-state index contributed by atoms with van der Waals surface area (Å²) < 4.78 is 16.4. The average Bonchev–Trinajstić information content (AvgIpc) is 2.69. The molecular weight excluding hydrogens is 360 g/mol. The van der Waals surface area contributed by atoms with Crippen LogP contribution in [0, 0.1) is 0 Å². The van der Waals surface area contributed by atoms with E-state index in [1.807, 2.05) is 0 Å². The van der Waals surface area contributed by atoms with Gasteiger partial charge in [-0.15, -0.1) is 0 Å². The van der Waals surface area contributed by atoms with Gasteiger partial charge in [-0.1, -0.05) is 57.9 Å². The summed E-state index contributed by atoms with van der Waals surface area (Å²) in [5.41, 5.74) is -0.458. The molecule has 0 saturated heterocycles. The molecule has 2 N–H and O–H groups in total. The molecule has 0 atom stereocenters. The Hall–Kier alpha value is -2.21. The monoisotopic (exact) mass is 392 g/mol. The number of fused-ring (bicyclic) bond motifs is 1. The highest BCUT2D eigenvalue weighted by Gasteiger charge is 2.18. The van der Waals surface area contributed by atoms with Crippen LogP contribution in [0.3, 0.4) is 0 Å². The van der Waals surface area contributed by atoms with Gasteiger partial charge in [0.2, 0.25) is 5.75 Å². The Labute approximate surface area is 166 Å². The molecule has 1 aromatic carbocycles. The molecule has 1 heterocycles. The van der Waals surface area contributed by atoms with Crippen LogP contribution in [0.4, 0.5) is 0 Å². The second kappa shape index (κ2) is 12.3. The van der Waals surface area contributed by atoms with Crippen LogP contribution < -0.4 is 15.1 Å². The summed E-state index contributed by atoms with van der Waals surface area (Å²) in [5.74, 6) is -0.0387. The lowest BCUT2D eigenvalue weighted by atomic mass is 10.1. The molecule has 0 amide bonds. The van der Waals surface area contributed by atoms with E-state index in [2.05, 4.69) is 6.92 Å². The number of rotatable bonds is 14. The molecule has 0 aliphatic heterocycles. The molecular formula is C22H32O6. The first-order valence-electron chi connectivity index (χ1n) is 10.3. The maximum Gasteiger partial charge on any atom is 0.383 e. The Morgan fingerprint density at radius 3 is 2.32 bits per heavy atom. The van der Waals surface area contributed by atoms with Crippen LogP contribution in [0.2, 0.25) is 0 Å². The molecule has 0 unspecified atom stereocenters. The molecule has 1 aromatic heterocycles. The van der Waals surface area contributed by atoms with Gasteiger partial charge in [0, 0.05) is 13.0 Å². The molecule has 0 fully saturated rings. The zero-order valence-corrected chi connectivity index (χ0v) is 16.7. The lowest BCUT2D eigenvalue weighted by molar-refractivity contribution is 0.234. The number of unbranched alkanes of at least 4 members (excludes halogenated alkanes) is 7. The molecule has 0 bridgehead atoms. The lowest BCUT2D eigenvalue weighted by Gasteiger charge is -2.12. The first-order chi connectivity index (χ1) is 13.7. The number of hydrogen-bond acceptors (Lipinski definition) is 6.